The molecule has 0 atom stereocenters. The second-order valence-corrected chi connectivity index (χ2v) is 4.20. The minimum absolute atomic E-state index is 0.316. The quantitative estimate of drug-likeness (QED) is 0.287. The van der Waals surface area contributed by atoms with Gasteiger partial charge in [0.2, 0.25) is 6.41 Å². The highest BCUT2D eigenvalue weighted by Crippen LogP contribution is 1.91. The highest BCUT2D eigenvalue weighted by molar-refractivity contribution is 5.66. The van der Waals surface area contributed by atoms with E-state index in [1.807, 2.05) is 6.92 Å². The zero-order valence-corrected chi connectivity index (χ0v) is 13.4. The fourth-order valence-electron chi connectivity index (χ4n) is 1.14. The van der Waals surface area contributed by atoms with Crippen LogP contribution >= 0.6 is 0 Å². The van der Waals surface area contributed by atoms with Gasteiger partial charge >= 0.3 is 5.97 Å². The second kappa shape index (κ2) is 22.1. The van der Waals surface area contributed by atoms with Crippen molar-refractivity contribution in [3.8, 4) is 0 Å². The van der Waals surface area contributed by atoms with Gasteiger partial charge in [0.25, 0.3) is 0 Å². The lowest BCUT2D eigenvalue weighted by Crippen LogP contribution is -2.19. The van der Waals surface area contributed by atoms with Gasteiger partial charge in [-0.1, -0.05) is 13.3 Å². The topological polar surface area (TPSA) is 120 Å². The Labute approximate surface area is 132 Å². The van der Waals surface area contributed by atoms with Gasteiger partial charge in [0.1, 0.15) is 0 Å². The summed E-state index contributed by atoms with van der Waals surface area (Å²) in [5, 5.41) is 10.5. The lowest BCUT2D eigenvalue weighted by Gasteiger charge is -2.05. The molecule has 0 bridgehead atoms. The van der Waals surface area contributed by atoms with E-state index in [0.717, 1.165) is 12.8 Å². The lowest BCUT2D eigenvalue weighted by molar-refractivity contribution is -0.137. The lowest BCUT2D eigenvalue weighted by atomic mass is 10.3. The van der Waals surface area contributed by atoms with Gasteiger partial charge in [-0.2, -0.15) is 0 Å². The number of hydrogen-bond donors (Lipinski definition) is 3. The predicted molar refractivity (Wildman–Crippen MR) is 82.7 cm³/mol. The molecule has 0 aliphatic rings. The number of unbranched alkanes of at least 4 members (excludes halogenated alkanes) is 1. The number of ether oxygens (including phenoxy) is 3. The molecule has 0 saturated heterocycles. The first-order valence-corrected chi connectivity index (χ1v) is 7.51. The standard InChI is InChI=1S/C9H20N2O4.C5H10O2/c10-1-3-13-5-7-15-8-6-14-4-2-11-9-12;1-2-3-4-5(6)7/h9H,1-8,10H2,(H,11,12);2-4H2,1H3,(H,6,7). The first kappa shape index (κ1) is 23.1. The Bertz CT molecular complexity index is 241. The molecule has 8 nitrogen and oxygen atoms in total. The smallest absolute Gasteiger partial charge is 0.303 e. The van der Waals surface area contributed by atoms with Crippen molar-refractivity contribution in [1.82, 2.24) is 5.32 Å². The van der Waals surface area contributed by atoms with E-state index in [2.05, 4.69) is 5.32 Å². The minimum atomic E-state index is -0.693. The highest BCUT2D eigenvalue weighted by Gasteiger charge is 1.91. The van der Waals surface area contributed by atoms with Crippen LogP contribution in [-0.4, -0.2) is 70.2 Å². The molecule has 0 spiro atoms. The van der Waals surface area contributed by atoms with Crippen molar-refractivity contribution in [2.45, 2.75) is 26.2 Å². The van der Waals surface area contributed by atoms with Crippen molar-refractivity contribution >= 4 is 12.4 Å². The number of hydrogen-bond acceptors (Lipinski definition) is 6. The maximum absolute atomic E-state index is 9.85. The fourth-order valence-corrected chi connectivity index (χ4v) is 1.14. The van der Waals surface area contributed by atoms with E-state index in [-0.39, 0.29) is 0 Å². The molecule has 0 aromatic carbocycles. The van der Waals surface area contributed by atoms with Crippen LogP contribution in [0.25, 0.3) is 0 Å². The summed E-state index contributed by atoms with van der Waals surface area (Å²) in [6, 6.07) is 0. The van der Waals surface area contributed by atoms with Crippen LogP contribution in [-0.2, 0) is 23.8 Å². The van der Waals surface area contributed by atoms with Gasteiger partial charge in [0.05, 0.1) is 39.6 Å². The van der Waals surface area contributed by atoms with Crippen molar-refractivity contribution in [2.24, 2.45) is 5.73 Å². The van der Waals surface area contributed by atoms with Gasteiger partial charge in [-0.05, 0) is 6.42 Å². The summed E-state index contributed by atoms with van der Waals surface area (Å²) in [4.78, 5) is 19.6. The summed E-state index contributed by atoms with van der Waals surface area (Å²) in [5.74, 6) is -0.693. The summed E-state index contributed by atoms with van der Waals surface area (Å²) < 4.78 is 15.5. The molecule has 0 rings (SSSR count). The van der Waals surface area contributed by atoms with Crippen LogP contribution in [0.3, 0.4) is 0 Å². The van der Waals surface area contributed by atoms with Gasteiger partial charge in [0, 0.05) is 19.5 Å². The molecule has 0 aromatic rings. The number of aliphatic carboxylic acids is 1. The van der Waals surface area contributed by atoms with Gasteiger partial charge in [0.15, 0.2) is 0 Å². The van der Waals surface area contributed by atoms with Crippen LogP contribution in [0.1, 0.15) is 26.2 Å². The van der Waals surface area contributed by atoms with E-state index >= 15 is 0 Å². The van der Waals surface area contributed by atoms with Crippen LogP contribution in [0.4, 0.5) is 0 Å². The van der Waals surface area contributed by atoms with Gasteiger partial charge in [-0.15, -0.1) is 0 Å². The number of nitrogens with two attached hydrogens (primary N) is 1. The van der Waals surface area contributed by atoms with Crippen molar-refractivity contribution in [2.75, 3.05) is 52.7 Å². The molecule has 0 aliphatic carbocycles. The maximum atomic E-state index is 9.85. The number of carboxylic acid groups (broad SMARTS) is 1. The summed E-state index contributed by atoms with van der Waals surface area (Å²) in [6.45, 7) is 6.28. The van der Waals surface area contributed by atoms with E-state index < -0.39 is 5.97 Å². The number of carbonyl (C=O) groups excluding carboxylic acids is 1. The minimum Gasteiger partial charge on any atom is -0.481 e. The maximum Gasteiger partial charge on any atom is 0.303 e. The van der Waals surface area contributed by atoms with Crippen LogP contribution in [0.15, 0.2) is 0 Å². The molecular formula is C14H30N2O6. The monoisotopic (exact) mass is 322 g/mol. The summed E-state index contributed by atoms with van der Waals surface area (Å²) >= 11 is 0. The zero-order valence-electron chi connectivity index (χ0n) is 13.4. The number of carbonyl (C=O) groups is 2. The Kier molecular flexibility index (Phi) is 23.1. The molecule has 0 aliphatic heterocycles. The third kappa shape index (κ3) is 27.2. The SMILES string of the molecule is CCCCC(=O)O.NCCOCCOCCOCCNC=O. The molecule has 0 unspecified atom stereocenters. The van der Waals surface area contributed by atoms with Crippen molar-refractivity contribution < 1.29 is 28.9 Å². The van der Waals surface area contributed by atoms with Crippen LogP contribution in [0.5, 0.6) is 0 Å². The Morgan fingerprint density at radius 1 is 1.09 bits per heavy atom. The molecule has 0 fully saturated rings. The fraction of sp³-hybridized carbons (Fsp3) is 0.857. The van der Waals surface area contributed by atoms with Crippen molar-refractivity contribution in [3.05, 3.63) is 0 Å². The van der Waals surface area contributed by atoms with Gasteiger partial charge < -0.3 is 30.4 Å². The number of amides is 1. The van der Waals surface area contributed by atoms with E-state index in [1.165, 1.54) is 0 Å². The largest absolute Gasteiger partial charge is 0.481 e. The Morgan fingerprint density at radius 3 is 2.05 bits per heavy atom. The van der Waals surface area contributed by atoms with E-state index in [1.54, 1.807) is 0 Å². The van der Waals surface area contributed by atoms with E-state index in [4.69, 9.17) is 25.1 Å². The summed E-state index contributed by atoms with van der Waals surface area (Å²) in [5.41, 5.74) is 5.23. The zero-order chi connectivity index (χ0) is 16.9. The first-order chi connectivity index (χ1) is 10.7. The van der Waals surface area contributed by atoms with Crippen LogP contribution in [0, 0.1) is 0 Å². The second-order valence-electron chi connectivity index (χ2n) is 4.20. The first-order valence-electron chi connectivity index (χ1n) is 7.51. The molecule has 0 saturated carbocycles. The van der Waals surface area contributed by atoms with Gasteiger partial charge in [-0.25, -0.2) is 0 Å². The Hall–Kier alpha value is -1.22. The van der Waals surface area contributed by atoms with E-state index in [9.17, 15) is 9.59 Å². The average Bonchev–Trinajstić information content (AvgIpc) is 2.51. The molecule has 22 heavy (non-hydrogen) atoms. The van der Waals surface area contributed by atoms with Crippen LogP contribution < -0.4 is 11.1 Å². The summed E-state index contributed by atoms with van der Waals surface area (Å²) in [6.07, 6.45) is 2.73. The number of carboxylic acids is 1. The van der Waals surface area contributed by atoms with Crippen molar-refractivity contribution in [1.29, 1.82) is 0 Å². The number of nitrogens with one attached hydrogen (secondary N) is 1. The highest BCUT2D eigenvalue weighted by atomic mass is 16.5. The molecule has 0 aromatic heterocycles. The molecule has 1 amide bonds. The predicted octanol–water partition coefficient (Wildman–Crippen LogP) is 0.00210. The third-order valence-electron chi connectivity index (χ3n) is 2.22. The number of rotatable bonds is 15. The Morgan fingerprint density at radius 2 is 1.64 bits per heavy atom. The van der Waals surface area contributed by atoms with Crippen LogP contribution in [0.2, 0.25) is 0 Å². The molecule has 8 heteroatoms. The van der Waals surface area contributed by atoms with Crippen molar-refractivity contribution in [3.63, 3.8) is 0 Å². The summed E-state index contributed by atoms with van der Waals surface area (Å²) in [7, 11) is 0. The molecule has 0 radical (unpaired) electrons. The molecule has 132 valence electrons. The van der Waals surface area contributed by atoms with E-state index in [0.29, 0.717) is 65.6 Å². The average molecular weight is 322 g/mol. The molecule has 0 heterocycles. The molecule has 4 N–H and O–H groups in total. The van der Waals surface area contributed by atoms with Gasteiger partial charge in [-0.3, -0.25) is 9.59 Å². The molecular weight excluding hydrogens is 292 g/mol. The Balaban J connectivity index is 0. The normalized spacial score (nSPS) is 9.73. The third-order valence-corrected chi connectivity index (χ3v) is 2.22.